The van der Waals surface area contributed by atoms with Gasteiger partial charge in [0.2, 0.25) is 0 Å². The summed E-state index contributed by atoms with van der Waals surface area (Å²) in [5, 5.41) is 0. The summed E-state index contributed by atoms with van der Waals surface area (Å²) in [5.74, 6) is 0. The average Bonchev–Trinajstić information content (AvgIpc) is 1.69. The molecular formula is C6H5Mo. The Labute approximate surface area is 54.5 Å². The van der Waals surface area contributed by atoms with Crippen molar-refractivity contribution in [2.75, 3.05) is 0 Å². The van der Waals surface area contributed by atoms with Crippen LogP contribution in [0.4, 0.5) is 0 Å². The van der Waals surface area contributed by atoms with Gasteiger partial charge in [-0.3, -0.25) is 0 Å². The fourth-order valence-corrected chi connectivity index (χ4v) is 0.807. The van der Waals surface area contributed by atoms with Crippen LogP contribution in [-0.4, -0.2) is 0 Å². The van der Waals surface area contributed by atoms with Gasteiger partial charge in [-0.05, 0) is 0 Å². The molecule has 1 aromatic rings. The predicted octanol–water partition coefficient (Wildman–Crippen LogP) is 0.859. The first kappa shape index (κ1) is 5.05. The van der Waals surface area contributed by atoms with E-state index in [0.717, 1.165) is 0 Å². The molecule has 0 radical (unpaired) electrons. The Bertz CT molecular complexity index is 134. The Morgan fingerprint density at radius 3 is 1.86 bits per heavy atom. The second-order valence-corrected chi connectivity index (χ2v) is 2.47. The maximum atomic E-state index is 2.09. The monoisotopic (exact) mass is 175 g/mol. The van der Waals surface area contributed by atoms with Crippen molar-refractivity contribution in [1.82, 2.24) is 0 Å². The molecule has 0 fully saturated rings. The van der Waals surface area contributed by atoms with Crippen molar-refractivity contribution in [2.45, 2.75) is 0 Å². The van der Waals surface area contributed by atoms with Gasteiger partial charge in [0, 0.05) is 0 Å². The van der Waals surface area contributed by atoms with E-state index in [-0.39, 0.29) is 0 Å². The molecule has 0 saturated heterocycles. The second kappa shape index (κ2) is 2.28. The summed E-state index contributed by atoms with van der Waals surface area (Å²) in [6, 6.07) is 10.3. The van der Waals surface area contributed by atoms with Crippen LogP contribution in [-0.2, 0) is 19.8 Å². The summed E-state index contributed by atoms with van der Waals surface area (Å²) < 4.78 is 1.33. The second-order valence-electron chi connectivity index (χ2n) is 1.31. The molecule has 0 aliphatic heterocycles. The van der Waals surface area contributed by atoms with Crippen LogP contribution in [0.25, 0.3) is 0 Å². The van der Waals surface area contributed by atoms with Gasteiger partial charge in [-0.1, -0.05) is 0 Å². The molecule has 1 aromatic carbocycles. The van der Waals surface area contributed by atoms with E-state index in [9.17, 15) is 0 Å². The molecule has 0 aliphatic rings. The van der Waals surface area contributed by atoms with Gasteiger partial charge in [-0.15, -0.1) is 0 Å². The minimum absolute atomic E-state index is 1.33. The molecule has 0 saturated carbocycles. The van der Waals surface area contributed by atoms with E-state index < -0.39 is 0 Å². The van der Waals surface area contributed by atoms with E-state index in [4.69, 9.17) is 0 Å². The summed E-state index contributed by atoms with van der Waals surface area (Å²) in [5.41, 5.74) is 0. The van der Waals surface area contributed by atoms with Crippen LogP contribution in [0.2, 0.25) is 0 Å². The first-order valence-corrected chi connectivity index (χ1v) is 3.12. The zero-order valence-corrected chi connectivity index (χ0v) is 5.80. The van der Waals surface area contributed by atoms with E-state index in [0.29, 0.717) is 0 Å². The van der Waals surface area contributed by atoms with Gasteiger partial charge < -0.3 is 0 Å². The van der Waals surface area contributed by atoms with Crippen LogP contribution in [0.15, 0.2) is 30.3 Å². The van der Waals surface area contributed by atoms with E-state index >= 15 is 0 Å². The third-order valence-corrected chi connectivity index (χ3v) is 1.41. The number of benzene rings is 1. The van der Waals surface area contributed by atoms with Crippen LogP contribution in [0.5, 0.6) is 0 Å². The Kier molecular flexibility index (Phi) is 1.64. The molecule has 0 amide bonds. The van der Waals surface area contributed by atoms with Crippen molar-refractivity contribution in [3.8, 4) is 0 Å². The number of hydrogen-bond acceptors (Lipinski definition) is 0. The molecule has 0 nitrogen and oxygen atoms in total. The van der Waals surface area contributed by atoms with Gasteiger partial charge >= 0.3 is 54.1 Å². The Morgan fingerprint density at radius 1 is 1.00 bits per heavy atom. The molecular weight excluding hydrogens is 168 g/mol. The Hall–Kier alpha value is -0.0917. The molecule has 0 atom stereocenters. The summed E-state index contributed by atoms with van der Waals surface area (Å²) in [4.78, 5) is 0. The zero-order valence-electron chi connectivity index (χ0n) is 3.79. The van der Waals surface area contributed by atoms with E-state index in [1.165, 1.54) is 3.95 Å². The molecule has 0 heterocycles. The normalized spacial score (nSPS) is 8.57. The molecule has 0 unspecified atom stereocenters. The maximum absolute atomic E-state index is 2.09. The average molecular weight is 173 g/mol. The summed E-state index contributed by atoms with van der Waals surface area (Å²) in [6.45, 7) is 0. The van der Waals surface area contributed by atoms with Crippen molar-refractivity contribution >= 4 is 3.95 Å². The summed E-state index contributed by atoms with van der Waals surface area (Å²) in [7, 11) is 0. The van der Waals surface area contributed by atoms with Gasteiger partial charge in [0.1, 0.15) is 0 Å². The molecule has 0 aromatic heterocycles. The molecule has 0 bridgehead atoms. The molecule has 0 N–H and O–H groups in total. The fourth-order valence-electron chi connectivity index (χ4n) is 0.420. The van der Waals surface area contributed by atoms with E-state index in [1.54, 1.807) is 0 Å². The third-order valence-electron chi connectivity index (χ3n) is 0.743. The van der Waals surface area contributed by atoms with Crippen LogP contribution in [0.3, 0.4) is 0 Å². The van der Waals surface area contributed by atoms with Crippen LogP contribution < -0.4 is 3.95 Å². The van der Waals surface area contributed by atoms with Crippen molar-refractivity contribution in [3.05, 3.63) is 30.3 Å². The molecule has 0 spiro atoms. The van der Waals surface area contributed by atoms with Crippen molar-refractivity contribution in [3.63, 3.8) is 0 Å². The van der Waals surface area contributed by atoms with Crippen molar-refractivity contribution < 1.29 is 19.8 Å². The Morgan fingerprint density at radius 2 is 1.57 bits per heavy atom. The zero-order chi connectivity index (χ0) is 5.11. The van der Waals surface area contributed by atoms with Gasteiger partial charge in [0.05, 0.1) is 0 Å². The van der Waals surface area contributed by atoms with Crippen LogP contribution in [0.1, 0.15) is 0 Å². The molecule has 1 heteroatoms. The predicted molar refractivity (Wildman–Crippen MR) is 26.1 cm³/mol. The first-order valence-electron chi connectivity index (χ1n) is 2.11. The van der Waals surface area contributed by atoms with Gasteiger partial charge in [0.25, 0.3) is 0 Å². The first-order chi connectivity index (χ1) is 3.39. The quantitative estimate of drug-likeness (QED) is 0.510. The van der Waals surface area contributed by atoms with E-state index in [1.807, 2.05) is 38.0 Å². The van der Waals surface area contributed by atoms with Crippen LogP contribution >= 0.6 is 0 Å². The summed E-state index contributed by atoms with van der Waals surface area (Å²) >= 11 is 2.02. The molecule has 0 aliphatic carbocycles. The standard InChI is InChI=1S/C6H5.Mo/c1-2-4-6-5-3-1;/h1-5H;. The minimum atomic E-state index is 1.33. The van der Waals surface area contributed by atoms with Gasteiger partial charge in [-0.25, -0.2) is 0 Å². The number of hydrogen-bond donors (Lipinski definition) is 0. The molecule has 35 valence electrons. The molecule has 1 rings (SSSR count). The summed E-state index contributed by atoms with van der Waals surface area (Å²) in [6.07, 6.45) is 0. The van der Waals surface area contributed by atoms with E-state index in [2.05, 4.69) is 12.1 Å². The Balaban J connectivity index is 3.02. The van der Waals surface area contributed by atoms with Gasteiger partial charge in [0.15, 0.2) is 0 Å². The topological polar surface area (TPSA) is 0 Å². The van der Waals surface area contributed by atoms with Crippen LogP contribution in [0, 0.1) is 0 Å². The van der Waals surface area contributed by atoms with Crippen molar-refractivity contribution in [1.29, 1.82) is 0 Å². The van der Waals surface area contributed by atoms with Crippen molar-refractivity contribution in [2.24, 2.45) is 0 Å². The molecule has 7 heavy (non-hydrogen) atoms. The number of rotatable bonds is 0. The fraction of sp³-hybridized carbons (Fsp3) is 0. The van der Waals surface area contributed by atoms with Gasteiger partial charge in [-0.2, -0.15) is 0 Å². The third kappa shape index (κ3) is 1.44. The SMILES string of the molecule is [Mo][c]1ccccc1.